The van der Waals surface area contributed by atoms with Gasteiger partial charge in [0.15, 0.2) is 0 Å². The van der Waals surface area contributed by atoms with E-state index in [-0.39, 0.29) is 18.7 Å². The molecule has 242 valence electrons. The maximum Gasteiger partial charge on any atom is 0.490 e. The zero-order chi connectivity index (χ0) is 33.2. The number of benzene rings is 1. The second-order valence-corrected chi connectivity index (χ2v) is 9.35. The number of nitrogens with zero attached hydrogens (tertiary/aromatic N) is 5. The van der Waals surface area contributed by atoms with E-state index in [4.69, 9.17) is 25.5 Å². The number of hydrogen-bond donors (Lipinski definition) is 4. The molecule has 1 aliphatic rings. The summed E-state index contributed by atoms with van der Waals surface area (Å²) >= 11 is 1.33. The zero-order valence-corrected chi connectivity index (χ0v) is 22.9. The molecule has 3 heterocycles. The number of halogens is 8. The molecule has 2 aromatic heterocycles. The highest BCUT2D eigenvalue weighted by molar-refractivity contribution is 7.13. The van der Waals surface area contributed by atoms with Gasteiger partial charge in [-0.15, -0.1) is 11.3 Å². The Balaban J connectivity index is 0.000000402. The van der Waals surface area contributed by atoms with Gasteiger partial charge in [-0.3, -0.25) is 0 Å². The maximum absolute atomic E-state index is 12.8. The zero-order valence-electron chi connectivity index (χ0n) is 22.1. The molecule has 1 aromatic carbocycles. The number of carbonyl (C=O) groups is 2. The van der Waals surface area contributed by atoms with Gasteiger partial charge in [-0.25, -0.2) is 14.4 Å². The Morgan fingerprint density at radius 3 is 1.91 bits per heavy atom. The van der Waals surface area contributed by atoms with Crippen molar-refractivity contribution in [3.63, 3.8) is 0 Å². The van der Waals surface area contributed by atoms with Crippen LogP contribution >= 0.6 is 11.3 Å². The number of nitrogens with two attached hydrogens (primary N) is 1. The molecule has 0 aliphatic carbocycles. The minimum atomic E-state index is -5.08. The summed E-state index contributed by atoms with van der Waals surface area (Å²) in [6, 6.07) is 10.1. The average molecular weight is 662 g/mol. The molecule has 0 spiro atoms. The fourth-order valence-corrected chi connectivity index (χ4v) is 4.13. The largest absolute Gasteiger partial charge is 0.490 e. The molecule has 1 aliphatic heterocycles. The van der Waals surface area contributed by atoms with Crippen molar-refractivity contribution in [1.82, 2.24) is 25.1 Å². The van der Waals surface area contributed by atoms with E-state index in [1.54, 1.807) is 0 Å². The van der Waals surface area contributed by atoms with Crippen LogP contribution in [0.5, 0.6) is 0 Å². The van der Waals surface area contributed by atoms with Gasteiger partial charge < -0.3 is 26.2 Å². The Kier molecular flexibility index (Phi) is 12.5. The summed E-state index contributed by atoms with van der Waals surface area (Å²) in [5.74, 6) is -5.51. The minimum Gasteiger partial charge on any atom is -0.475 e. The van der Waals surface area contributed by atoms with E-state index < -0.39 is 36.1 Å². The summed E-state index contributed by atoms with van der Waals surface area (Å²) in [5.41, 5.74) is 7.51. The van der Waals surface area contributed by atoms with Crippen LogP contribution in [-0.2, 0) is 16.1 Å². The molecule has 0 saturated carbocycles. The molecule has 0 amide bonds. The number of carboxylic acids is 2. The van der Waals surface area contributed by atoms with Crippen LogP contribution in [0, 0.1) is 0 Å². The molecule has 44 heavy (non-hydrogen) atoms. The van der Waals surface area contributed by atoms with Gasteiger partial charge in [0, 0.05) is 49.4 Å². The van der Waals surface area contributed by atoms with E-state index in [9.17, 15) is 39.9 Å². The summed E-state index contributed by atoms with van der Waals surface area (Å²) in [5, 5.41) is 27.6. The van der Waals surface area contributed by atoms with Crippen molar-refractivity contribution in [2.45, 2.75) is 18.9 Å². The fraction of sp³-hybridized carbons (Fsp3) is 0.348. The van der Waals surface area contributed by atoms with Crippen molar-refractivity contribution in [2.75, 3.05) is 37.6 Å². The lowest BCUT2D eigenvalue weighted by Crippen LogP contribution is -2.43. The van der Waals surface area contributed by atoms with Crippen molar-refractivity contribution in [3.05, 3.63) is 57.8 Å². The molecule has 0 bridgehead atoms. The van der Waals surface area contributed by atoms with Crippen molar-refractivity contribution < 1.29 is 54.9 Å². The number of rotatable bonds is 6. The van der Waals surface area contributed by atoms with Crippen LogP contribution in [0.1, 0.15) is 0 Å². The van der Waals surface area contributed by atoms with Gasteiger partial charge in [0.1, 0.15) is 5.00 Å². The van der Waals surface area contributed by atoms with Gasteiger partial charge in [0.05, 0.1) is 6.54 Å². The third kappa shape index (κ3) is 10.4. The Bertz CT molecular complexity index is 1470. The molecule has 0 atom stereocenters. The molecule has 5 N–H and O–H groups in total. The molecule has 0 unspecified atom stereocenters. The van der Waals surface area contributed by atoms with Crippen molar-refractivity contribution >= 4 is 29.0 Å². The lowest BCUT2D eigenvalue weighted by molar-refractivity contribution is -0.193. The number of piperazine rings is 1. The molecule has 1 fully saturated rings. The average Bonchev–Trinajstić information content (AvgIpc) is 3.58. The lowest BCUT2D eigenvalue weighted by Gasteiger charge is -2.29. The van der Waals surface area contributed by atoms with E-state index in [0.717, 1.165) is 46.7 Å². The molecule has 3 aromatic rings. The third-order valence-corrected chi connectivity index (χ3v) is 6.36. The molecule has 0 radical (unpaired) electrons. The van der Waals surface area contributed by atoms with Crippen molar-refractivity contribution in [1.29, 1.82) is 0 Å². The number of carboxylic acid groups (broad SMARTS) is 2. The topological polar surface area (TPSA) is 169 Å². The van der Waals surface area contributed by atoms with E-state index in [1.165, 1.54) is 17.0 Å². The van der Waals surface area contributed by atoms with E-state index >= 15 is 0 Å². The van der Waals surface area contributed by atoms with Gasteiger partial charge in [-0.05, 0) is 39.8 Å². The second kappa shape index (κ2) is 15.4. The number of aliphatic carboxylic acids is 2. The van der Waals surface area contributed by atoms with E-state index in [2.05, 4.69) is 32.8 Å². The fourth-order valence-electron chi connectivity index (χ4n) is 3.27. The first-order valence-corrected chi connectivity index (χ1v) is 12.8. The van der Waals surface area contributed by atoms with Gasteiger partial charge in [-0.2, -0.15) is 44.5 Å². The molecular weight excluding hydrogens is 638 g/mol. The Morgan fingerprint density at radius 1 is 0.932 bits per heavy atom. The number of alkyl halides is 6. The van der Waals surface area contributed by atoms with Crippen LogP contribution in [0.3, 0.4) is 0 Å². The molecule has 12 nitrogen and oxygen atoms in total. The maximum atomic E-state index is 12.8. The molecule has 1 saturated heterocycles. The summed E-state index contributed by atoms with van der Waals surface area (Å²) in [4.78, 5) is 32.6. The highest BCUT2D eigenvalue weighted by Gasteiger charge is 2.38. The van der Waals surface area contributed by atoms with E-state index in [1.807, 2.05) is 23.6 Å². The summed E-state index contributed by atoms with van der Waals surface area (Å²) in [7, 11) is 0. The SMILES string of the molecule is NCC(Cn1nnn(-c2cc(-c3ccc(N4CCNCC4)cc3)cs2)c1=O)=C(F)F.O=C(O)C(F)(F)F.O=C(O)C(F)(F)F. The highest BCUT2D eigenvalue weighted by Crippen LogP contribution is 2.29. The van der Waals surface area contributed by atoms with Gasteiger partial charge in [-0.1, -0.05) is 12.1 Å². The summed E-state index contributed by atoms with van der Waals surface area (Å²) < 4.78 is 91.1. The normalized spacial score (nSPS) is 13.2. The number of hydrogen-bond acceptors (Lipinski definition) is 9. The number of tetrazole rings is 1. The quantitative estimate of drug-likeness (QED) is 0.288. The predicted molar refractivity (Wildman–Crippen MR) is 140 cm³/mol. The highest BCUT2D eigenvalue weighted by atomic mass is 32.1. The van der Waals surface area contributed by atoms with Gasteiger partial charge in [0.25, 0.3) is 6.08 Å². The molecular formula is C23H23F8N7O5S. The van der Waals surface area contributed by atoms with Crippen LogP contribution in [0.15, 0.2) is 52.2 Å². The number of thiophene rings is 1. The molecule has 21 heteroatoms. The minimum absolute atomic E-state index is 0.347. The smallest absolute Gasteiger partial charge is 0.475 e. The summed E-state index contributed by atoms with van der Waals surface area (Å²) in [6.07, 6.45) is -12.1. The van der Waals surface area contributed by atoms with Crippen LogP contribution in [0.25, 0.3) is 16.1 Å². The predicted octanol–water partition coefficient (Wildman–Crippen LogP) is 2.94. The standard InChI is InChI=1S/C19H21F2N7OS.2C2HF3O2/c20-18(21)15(10-22)11-27-19(29)28(25-24-27)17-9-14(12-30-17)13-1-3-16(4-2-13)26-7-5-23-6-8-26;2*3-2(4,5)1(6)7/h1-4,9,12,23H,5-8,10-11,22H2;2*(H,6,7). The second-order valence-electron chi connectivity index (χ2n) is 8.46. The lowest BCUT2D eigenvalue weighted by atomic mass is 10.1. The van der Waals surface area contributed by atoms with Crippen LogP contribution in [0.2, 0.25) is 0 Å². The first kappa shape index (κ1) is 35.8. The van der Waals surface area contributed by atoms with Crippen LogP contribution in [0.4, 0.5) is 40.8 Å². The van der Waals surface area contributed by atoms with Crippen molar-refractivity contribution in [3.8, 4) is 16.1 Å². The Labute approximate surface area is 245 Å². The van der Waals surface area contributed by atoms with Crippen molar-refractivity contribution in [2.24, 2.45) is 5.73 Å². The van der Waals surface area contributed by atoms with Gasteiger partial charge >= 0.3 is 30.0 Å². The monoisotopic (exact) mass is 661 g/mol. The third-order valence-electron chi connectivity index (χ3n) is 5.46. The number of nitrogens with one attached hydrogen (secondary N) is 1. The molecule has 4 rings (SSSR count). The van der Waals surface area contributed by atoms with Crippen LogP contribution in [-0.4, -0.2) is 87.0 Å². The first-order chi connectivity index (χ1) is 20.4. The number of anilines is 1. The number of aromatic nitrogens is 4. The first-order valence-electron chi connectivity index (χ1n) is 12.0. The van der Waals surface area contributed by atoms with Crippen LogP contribution < -0.4 is 21.6 Å². The summed E-state index contributed by atoms with van der Waals surface area (Å²) in [6.45, 7) is 3.18. The van der Waals surface area contributed by atoms with E-state index in [0.29, 0.717) is 5.00 Å². The Hall–Kier alpha value is -4.37. The Morgan fingerprint density at radius 2 is 1.45 bits per heavy atom. The van der Waals surface area contributed by atoms with Gasteiger partial charge in [0.2, 0.25) is 0 Å².